The monoisotopic (exact) mass is 350 g/mol. The zero-order valence-corrected chi connectivity index (χ0v) is 15.6. The van der Waals surface area contributed by atoms with Crippen molar-refractivity contribution in [3.63, 3.8) is 0 Å². The van der Waals surface area contributed by atoms with Crippen molar-refractivity contribution in [2.24, 2.45) is 11.7 Å². The molecule has 0 aliphatic rings. The van der Waals surface area contributed by atoms with Crippen molar-refractivity contribution in [1.82, 2.24) is 15.1 Å². The van der Waals surface area contributed by atoms with Gasteiger partial charge in [0, 0.05) is 12.2 Å². The van der Waals surface area contributed by atoms with E-state index in [0.29, 0.717) is 6.54 Å². The van der Waals surface area contributed by atoms with Crippen molar-refractivity contribution in [3.05, 3.63) is 47.3 Å². The number of hydrogen-bond donors (Lipinski definition) is 2. The summed E-state index contributed by atoms with van der Waals surface area (Å²) in [5.41, 5.74) is 10.0. The number of benzene rings is 1. The van der Waals surface area contributed by atoms with Crippen LogP contribution < -0.4 is 11.1 Å². The summed E-state index contributed by atoms with van der Waals surface area (Å²) in [6.45, 7) is 8.47. The van der Waals surface area contributed by atoms with Gasteiger partial charge in [-0.05, 0) is 37.5 Å². The van der Waals surface area contributed by atoms with Crippen molar-refractivity contribution >= 4 is 18.3 Å². The van der Waals surface area contributed by atoms with Crippen molar-refractivity contribution in [1.29, 1.82) is 0 Å². The summed E-state index contributed by atoms with van der Waals surface area (Å²) in [4.78, 5) is 12.2. The van der Waals surface area contributed by atoms with Crippen molar-refractivity contribution < 1.29 is 4.79 Å². The molecule has 5 nitrogen and oxygen atoms in total. The molecular formula is C18H27ClN4O. The number of nitrogens with two attached hydrogens (primary N) is 1. The molecule has 0 saturated carbocycles. The van der Waals surface area contributed by atoms with Gasteiger partial charge < -0.3 is 11.1 Å². The number of rotatable bonds is 6. The highest BCUT2D eigenvalue weighted by molar-refractivity contribution is 5.85. The van der Waals surface area contributed by atoms with Gasteiger partial charge in [0.2, 0.25) is 5.91 Å². The molecule has 1 amide bonds. The SMILES string of the molecule is CCC(C)C(N)C(=O)NCc1ccccc1-n1nc(C)cc1C.Cl. The first-order chi connectivity index (χ1) is 10.9. The second-order valence-electron chi connectivity index (χ2n) is 6.10. The van der Waals surface area contributed by atoms with Gasteiger partial charge in [-0.2, -0.15) is 5.10 Å². The van der Waals surface area contributed by atoms with Crippen LogP contribution in [0, 0.1) is 19.8 Å². The lowest BCUT2D eigenvalue weighted by Crippen LogP contribution is -2.44. The predicted octanol–water partition coefficient (Wildman–Crippen LogP) is 2.90. The maximum absolute atomic E-state index is 12.2. The number of aryl methyl sites for hydroxylation is 2. The Morgan fingerprint density at radius 1 is 1.33 bits per heavy atom. The first-order valence-electron chi connectivity index (χ1n) is 8.08. The quantitative estimate of drug-likeness (QED) is 0.841. The molecule has 0 spiro atoms. The van der Waals surface area contributed by atoms with Crippen LogP contribution in [0.3, 0.4) is 0 Å². The van der Waals surface area contributed by atoms with Crippen LogP contribution in [0.15, 0.2) is 30.3 Å². The predicted molar refractivity (Wildman–Crippen MR) is 99.6 cm³/mol. The minimum absolute atomic E-state index is 0. The van der Waals surface area contributed by atoms with Gasteiger partial charge >= 0.3 is 0 Å². The van der Waals surface area contributed by atoms with Gasteiger partial charge in [0.1, 0.15) is 0 Å². The van der Waals surface area contributed by atoms with E-state index in [1.165, 1.54) is 0 Å². The van der Waals surface area contributed by atoms with Gasteiger partial charge in [-0.1, -0.05) is 38.5 Å². The molecule has 0 aliphatic heterocycles. The van der Waals surface area contributed by atoms with E-state index in [0.717, 1.165) is 29.1 Å². The first kappa shape index (κ1) is 20.2. The number of amides is 1. The van der Waals surface area contributed by atoms with Gasteiger partial charge in [0.25, 0.3) is 0 Å². The molecule has 1 aromatic heterocycles. The van der Waals surface area contributed by atoms with E-state index < -0.39 is 6.04 Å². The number of nitrogens with zero attached hydrogens (tertiary/aromatic N) is 2. The first-order valence-corrected chi connectivity index (χ1v) is 8.08. The fraction of sp³-hybridized carbons (Fsp3) is 0.444. The van der Waals surface area contributed by atoms with E-state index in [2.05, 4.69) is 10.4 Å². The molecule has 2 atom stereocenters. The largest absolute Gasteiger partial charge is 0.351 e. The summed E-state index contributed by atoms with van der Waals surface area (Å²) in [5, 5.41) is 7.47. The molecular weight excluding hydrogens is 324 g/mol. The number of aromatic nitrogens is 2. The third-order valence-electron chi connectivity index (χ3n) is 4.24. The molecule has 132 valence electrons. The fourth-order valence-electron chi connectivity index (χ4n) is 2.55. The van der Waals surface area contributed by atoms with E-state index in [4.69, 9.17) is 5.73 Å². The van der Waals surface area contributed by atoms with Crippen LogP contribution in [0.2, 0.25) is 0 Å². The van der Waals surface area contributed by atoms with Gasteiger partial charge in [0.15, 0.2) is 0 Å². The average Bonchev–Trinajstić information content (AvgIpc) is 2.89. The van der Waals surface area contributed by atoms with Crippen LogP contribution in [-0.4, -0.2) is 21.7 Å². The second-order valence-corrected chi connectivity index (χ2v) is 6.10. The molecule has 0 aliphatic carbocycles. The minimum Gasteiger partial charge on any atom is -0.351 e. The zero-order chi connectivity index (χ0) is 17.0. The van der Waals surface area contributed by atoms with Gasteiger partial charge in [-0.3, -0.25) is 4.79 Å². The lowest BCUT2D eigenvalue weighted by atomic mass is 9.99. The minimum atomic E-state index is -0.471. The molecule has 0 bridgehead atoms. The summed E-state index contributed by atoms with van der Waals surface area (Å²) in [7, 11) is 0. The number of halogens is 1. The van der Waals surface area contributed by atoms with E-state index >= 15 is 0 Å². The van der Waals surface area contributed by atoms with Crippen molar-refractivity contribution in [3.8, 4) is 5.69 Å². The van der Waals surface area contributed by atoms with Crippen LogP contribution in [0.1, 0.15) is 37.2 Å². The van der Waals surface area contributed by atoms with Gasteiger partial charge in [-0.15, -0.1) is 12.4 Å². The van der Waals surface area contributed by atoms with Crippen LogP contribution in [0.5, 0.6) is 0 Å². The maximum Gasteiger partial charge on any atom is 0.237 e. The lowest BCUT2D eigenvalue weighted by Gasteiger charge is -2.18. The molecule has 1 aromatic carbocycles. The van der Waals surface area contributed by atoms with Gasteiger partial charge in [-0.25, -0.2) is 4.68 Å². The van der Waals surface area contributed by atoms with Crippen LogP contribution in [-0.2, 0) is 11.3 Å². The van der Waals surface area contributed by atoms with Crippen LogP contribution in [0.4, 0.5) is 0 Å². The van der Waals surface area contributed by atoms with E-state index in [1.54, 1.807) is 0 Å². The Labute approximate surface area is 150 Å². The molecule has 0 radical (unpaired) electrons. The Bertz CT molecular complexity index is 683. The fourth-order valence-corrected chi connectivity index (χ4v) is 2.55. The third-order valence-corrected chi connectivity index (χ3v) is 4.24. The summed E-state index contributed by atoms with van der Waals surface area (Å²) >= 11 is 0. The van der Waals surface area contributed by atoms with Crippen molar-refractivity contribution in [2.75, 3.05) is 0 Å². The molecule has 2 unspecified atom stereocenters. The number of hydrogen-bond acceptors (Lipinski definition) is 3. The number of carbonyl (C=O) groups is 1. The van der Waals surface area contributed by atoms with E-state index in [9.17, 15) is 4.79 Å². The molecule has 2 rings (SSSR count). The Hall–Kier alpha value is -1.85. The number of nitrogens with one attached hydrogen (secondary N) is 1. The van der Waals surface area contributed by atoms with Crippen molar-refractivity contribution in [2.45, 2.75) is 46.7 Å². The Kier molecular flexibility index (Phi) is 7.45. The molecule has 3 N–H and O–H groups in total. The molecule has 24 heavy (non-hydrogen) atoms. The molecule has 6 heteroatoms. The Morgan fingerprint density at radius 3 is 2.58 bits per heavy atom. The molecule has 0 fully saturated rings. The summed E-state index contributed by atoms with van der Waals surface area (Å²) in [6.07, 6.45) is 0.886. The van der Waals surface area contributed by atoms with Crippen LogP contribution >= 0.6 is 12.4 Å². The van der Waals surface area contributed by atoms with Crippen LogP contribution in [0.25, 0.3) is 5.69 Å². The summed E-state index contributed by atoms with van der Waals surface area (Å²) < 4.78 is 1.91. The number of para-hydroxylation sites is 1. The highest BCUT2D eigenvalue weighted by Gasteiger charge is 2.19. The lowest BCUT2D eigenvalue weighted by molar-refractivity contribution is -0.123. The molecule has 2 aromatic rings. The second kappa shape index (κ2) is 8.85. The van der Waals surface area contributed by atoms with E-state index in [1.807, 2.05) is 62.7 Å². The normalized spacial score (nSPS) is 13.0. The zero-order valence-electron chi connectivity index (χ0n) is 14.7. The Balaban J connectivity index is 0.00000288. The number of carbonyl (C=O) groups excluding carboxylic acids is 1. The smallest absolute Gasteiger partial charge is 0.237 e. The molecule has 0 saturated heterocycles. The third kappa shape index (κ3) is 4.58. The summed E-state index contributed by atoms with van der Waals surface area (Å²) in [5.74, 6) is 0.0591. The highest BCUT2D eigenvalue weighted by atomic mass is 35.5. The highest BCUT2D eigenvalue weighted by Crippen LogP contribution is 2.17. The standard InChI is InChI=1S/C18H26N4O.ClH/c1-5-12(2)17(19)18(23)20-11-15-8-6-7-9-16(15)22-14(4)10-13(3)21-22;/h6-10,12,17H,5,11,19H2,1-4H3,(H,20,23);1H. The van der Waals surface area contributed by atoms with Gasteiger partial charge in [0.05, 0.1) is 17.4 Å². The molecule has 1 heterocycles. The topological polar surface area (TPSA) is 72.9 Å². The maximum atomic E-state index is 12.2. The summed E-state index contributed by atoms with van der Waals surface area (Å²) in [6, 6.07) is 9.51. The Morgan fingerprint density at radius 2 is 2.00 bits per heavy atom. The van der Waals surface area contributed by atoms with E-state index in [-0.39, 0.29) is 24.2 Å². The average molecular weight is 351 g/mol.